The first-order valence-electron chi connectivity index (χ1n) is 6.59. The van der Waals surface area contributed by atoms with Crippen LogP contribution in [0, 0.1) is 0 Å². The van der Waals surface area contributed by atoms with Crippen LogP contribution in [0.15, 0.2) is 36.5 Å². The fourth-order valence-electron chi connectivity index (χ4n) is 1.79. The zero-order valence-corrected chi connectivity index (χ0v) is 13.8. The molecule has 0 aliphatic rings. The number of Topliss-reactive ketones (excluding diaryl/α,β-unsaturated/α-hetero) is 1. The van der Waals surface area contributed by atoms with Crippen LogP contribution in [-0.2, 0) is 4.79 Å². The number of halogens is 4. The molecule has 0 amide bonds. The first-order valence-corrected chi connectivity index (χ1v) is 8.11. The van der Waals surface area contributed by atoms with Crippen LogP contribution in [0.25, 0.3) is 5.57 Å². The smallest absolute Gasteiger partial charge is 0.377 e. The van der Waals surface area contributed by atoms with E-state index in [2.05, 4.69) is 22.6 Å². The van der Waals surface area contributed by atoms with Gasteiger partial charge in [0.05, 0.1) is 5.57 Å². The van der Waals surface area contributed by atoms with Crippen LogP contribution in [0.1, 0.15) is 18.9 Å². The summed E-state index contributed by atoms with van der Waals surface area (Å²) in [6, 6.07) is 7.97. The average Bonchev–Trinajstić information content (AvgIpc) is 2.47. The Bertz CT molecular complexity index is 485. The van der Waals surface area contributed by atoms with Gasteiger partial charge in [0.1, 0.15) is 0 Å². The predicted octanol–water partition coefficient (Wildman–Crippen LogP) is 4.31. The van der Waals surface area contributed by atoms with Crippen LogP contribution in [0.3, 0.4) is 0 Å². The summed E-state index contributed by atoms with van der Waals surface area (Å²) < 4.78 is 39.3. The Morgan fingerprint density at radius 2 is 1.90 bits per heavy atom. The second-order valence-electron chi connectivity index (χ2n) is 4.41. The largest absolute Gasteiger partial charge is 0.454 e. The van der Waals surface area contributed by atoms with Gasteiger partial charge < -0.3 is 4.90 Å². The van der Waals surface area contributed by atoms with E-state index in [1.807, 2.05) is 6.92 Å². The number of ketones is 1. The number of benzene rings is 1. The fraction of sp³-hybridized carbons (Fsp3) is 0.400. The molecule has 21 heavy (non-hydrogen) atoms. The zero-order chi connectivity index (χ0) is 15.9. The molecule has 0 spiro atoms. The van der Waals surface area contributed by atoms with Crippen molar-refractivity contribution in [2.75, 3.05) is 17.5 Å². The molecule has 0 saturated heterocycles. The Balaban J connectivity index is 3.15. The molecule has 0 aliphatic carbocycles. The molecule has 116 valence electrons. The molecule has 1 aromatic carbocycles. The van der Waals surface area contributed by atoms with Crippen molar-refractivity contribution in [1.82, 2.24) is 4.90 Å². The number of rotatable bonds is 7. The van der Waals surface area contributed by atoms with E-state index in [1.54, 1.807) is 23.1 Å². The van der Waals surface area contributed by atoms with Crippen molar-refractivity contribution < 1.29 is 18.0 Å². The third kappa shape index (κ3) is 5.68. The summed E-state index contributed by atoms with van der Waals surface area (Å²) in [6.07, 6.45) is -2.69. The van der Waals surface area contributed by atoms with Gasteiger partial charge in [-0.1, -0.05) is 52.9 Å². The monoisotopic (exact) mass is 411 g/mol. The van der Waals surface area contributed by atoms with Gasteiger partial charge in [-0.25, -0.2) is 0 Å². The lowest BCUT2D eigenvalue weighted by molar-refractivity contribution is -0.164. The second kappa shape index (κ2) is 8.41. The Morgan fingerprint density at radius 1 is 1.29 bits per heavy atom. The van der Waals surface area contributed by atoms with Crippen LogP contribution in [0.4, 0.5) is 13.2 Å². The van der Waals surface area contributed by atoms with Gasteiger partial charge in [0.15, 0.2) is 0 Å². The van der Waals surface area contributed by atoms with Gasteiger partial charge in [-0.3, -0.25) is 4.79 Å². The van der Waals surface area contributed by atoms with Crippen LogP contribution in [-0.4, -0.2) is 34.4 Å². The molecule has 1 aromatic rings. The lowest BCUT2D eigenvalue weighted by Crippen LogP contribution is -2.27. The maximum atomic E-state index is 12.8. The quantitative estimate of drug-likeness (QED) is 0.379. The predicted molar refractivity (Wildman–Crippen MR) is 86.2 cm³/mol. The molecule has 0 bridgehead atoms. The third-order valence-electron chi connectivity index (χ3n) is 2.88. The Hall–Kier alpha value is -1.05. The lowest BCUT2D eigenvalue weighted by atomic mass is 10.0. The maximum Gasteiger partial charge on any atom is 0.454 e. The van der Waals surface area contributed by atoms with E-state index >= 15 is 0 Å². The molecule has 0 N–H and O–H groups in total. The van der Waals surface area contributed by atoms with Crippen molar-refractivity contribution in [3.8, 4) is 0 Å². The molecule has 0 fully saturated rings. The van der Waals surface area contributed by atoms with Crippen LogP contribution in [0.5, 0.6) is 0 Å². The highest BCUT2D eigenvalue weighted by atomic mass is 127. The Morgan fingerprint density at radius 3 is 2.38 bits per heavy atom. The molecular formula is C15H17F3INO. The number of alkyl halides is 4. The Kier molecular flexibility index (Phi) is 7.21. The van der Waals surface area contributed by atoms with Gasteiger partial charge in [0, 0.05) is 23.7 Å². The van der Waals surface area contributed by atoms with E-state index in [1.165, 1.54) is 18.3 Å². The molecular weight excluding hydrogens is 394 g/mol. The van der Waals surface area contributed by atoms with E-state index < -0.39 is 12.0 Å². The first-order chi connectivity index (χ1) is 9.90. The molecule has 0 unspecified atom stereocenters. The standard InChI is InChI=1S/C15H17F3INO/c1-2-20(10-6-9-19)11-13(14(21)15(16,17)18)12-7-4-3-5-8-12/h3-5,7-8,11H,2,6,9-10H2,1H3/b13-11-. The summed E-state index contributed by atoms with van der Waals surface area (Å²) in [4.78, 5) is 13.4. The molecule has 1 rings (SSSR count). The van der Waals surface area contributed by atoms with Crippen molar-refractivity contribution in [1.29, 1.82) is 0 Å². The molecule has 0 atom stereocenters. The highest BCUT2D eigenvalue weighted by Crippen LogP contribution is 2.27. The minimum atomic E-state index is -4.87. The zero-order valence-electron chi connectivity index (χ0n) is 11.7. The van der Waals surface area contributed by atoms with Crippen molar-refractivity contribution >= 4 is 33.9 Å². The highest BCUT2D eigenvalue weighted by molar-refractivity contribution is 14.1. The minimum Gasteiger partial charge on any atom is -0.377 e. The SMILES string of the molecule is CCN(/C=C(\C(=O)C(F)(F)F)c1ccccc1)CCCI. The Labute approximate surface area is 136 Å². The summed E-state index contributed by atoms with van der Waals surface area (Å²) in [6.45, 7) is 3.03. The number of carbonyl (C=O) groups is 1. The molecule has 0 heterocycles. The number of nitrogens with zero attached hydrogens (tertiary/aromatic N) is 1. The maximum absolute atomic E-state index is 12.8. The van der Waals surface area contributed by atoms with Gasteiger partial charge in [-0.2, -0.15) is 13.2 Å². The molecule has 0 radical (unpaired) electrons. The van der Waals surface area contributed by atoms with Crippen molar-refractivity contribution in [3.63, 3.8) is 0 Å². The van der Waals surface area contributed by atoms with Gasteiger partial charge in [0.2, 0.25) is 0 Å². The summed E-state index contributed by atoms with van der Waals surface area (Å²) in [5, 5.41) is 0. The van der Waals surface area contributed by atoms with Crippen molar-refractivity contribution in [2.45, 2.75) is 19.5 Å². The van der Waals surface area contributed by atoms with E-state index in [0.717, 1.165) is 10.8 Å². The molecule has 0 aromatic heterocycles. The van der Waals surface area contributed by atoms with E-state index in [9.17, 15) is 18.0 Å². The van der Waals surface area contributed by atoms with Crippen molar-refractivity contribution in [3.05, 3.63) is 42.1 Å². The number of allylic oxidation sites excluding steroid dienone is 1. The van der Waals surface area contributed by atoms with E-state index in [0.29, 0.717) is 13.1 Å². The highest BCUT2D eigenvalue weighted by Gasteiger charge is 2.41. The van der Waals surface area contributed by atoms with Crippen molar-refractivity contribution in [2.24, 2.45) is 0 Å². The summed E-state index contributed by atoms with van der Waals surface area (Å²) in [7, 11) is 0. The summed E-state index contributed by atoms with van der Waals surface area (Å²) in [5.74, 6) is -1.80. The van der Waals surface area contributed by atoms with Crippen LogP contribution >= 0.6 is 22.6 Å². The van der Waals surface area contributed by atoms with Gasteiger partial charge in [-0.15, -0.1) is 0 Å². The molecule has 6 heteroatoms. The summed E-state index contributed by atoms with van der Waals surface area (Å²) >= 11 is 2.21. The topological polar surface area (TPSA) is 20.3 Å². The number of carbonyl (C=O) groups excluding carboxylic acids is 1. The van der Waals surface area contributed by atoms with Gasteiger partial charge >= 0.3 is 6.18 Å². The molecule has 0 saturated carbocycles. The van der Waals surface area contributed by atoms with Gasteiger partial charge in [0.25, 0.3) is 5.78 Å². The van der Waals surface area contributed by atoms with E-state index in [-0.39, 0.29) is 11.1 Å². The number of hydrogen-bond donors (Lipinski definition) is 0. The van der Waals surface area contributed by atoms with E-state index in [4.69, 9.17) is 0 Å². The average molecular weight is 411 g/mol. The normalized spacial score (nSPS) is 12.3. The van der Waals surface area contributed by atoms with Crippen LogP contribution < -0.4 is 0 Å². The third-order valence-corrected chi connectivity index (χ3v) is 3.65. The minimum absolute atomic E-state index is 0.285. The number of hydrogen-bond acceptors (Lipinski definition) is 2. The molecule has 0 aliphatic heterocycles. The molecule has 2 nitrogen and oxygen atoms in total. The van der Waals surface area contributed by atoms with Crippen LogP contribution in [0.2, 0.25) is 0 Å². The fourth-order valence-corrected chi connectivity index (χ4v) is 2.14. The lowest BCUT2D eigenvalue weighted by Gasteiger charge is -2.20. The van der Waals surface area contributed by atoms with Gasteiger partial charge in [-0.05, 0) is 18.9 Å². The summed E-state index contributed by atoms with van der Waals surface area (Å²) in [5.41, 5.74) is -0.0221. The second-order valence-corrected chi connectivity index (χ2v) is 5.49. The first kappa shape index (κ1) is 18.0.